The predicted molar refractivity (Wildman–Crippen MR) is 69.2 cm³/mol. The first-order chi connectivity index (χ1) is 8.24. The zero-order valence-corrected chi connectivity index (χ0v) is 10.9. The lowest BCUT2D eigenvalue weighted by molar-refractivity contribution is 0.569. The Morgan fingerprint density at radius 1 is 1.24 bits per heavy atom. The zero-order chi connectivity index (χ0) is 12.3. The maximum absolute atomic E-state index is 13.8. The Morgan fingerprint density at radius 3 is 2.65 bits per heavy atom. The first kappa shape index (κ1) is 12.2. The molecule has 0 radical (unpaired) electrons. The molecule has 0 aliphatic heterocycles. The molecule has 0 saturated carbocycles. The highest BCUT2D eigenvalue weighted by Crippen LogP contribution is 2.27. The molecule has 1 aromatic heterocycles. The van der Waals surface area contributed by atoms with E-state index in [4.69, 9.17) is 0 Å². The fourth-order valence-corrected chi connectivity index (χ4v) is 2.24. The zero-order valence-electron chi connectivity index (χ0n) is 9.32. The van der Waals surface area contributed by atoms with Crippen molar-refractivity contribution in [3.8, 4) is 0 Å². The molecule has 17 heavy (non-hydrogen) atoms. The van der Waals surface area contributed by atoms with Crippen molar-refractivity contribution in [3.63, 3.8) is 0 Å². The van der Waals surface area contributed by atoms with Crippen LogP contribution in [-0.4, -0.2) is 12.0 Å². The molecule has 1 aromatic carbocycles. The lowest BCUT2D eigenvalue weighted by atomic mass is 10.0. The molecule has 0 amide bonds. The molecule has 0 bridgehead atoms. The van der Waals surface area contributed by atoms with Gasteiger partial charge in [0.2, 0.25) is 0 Å². The van der Waals surface area contributed by atoms with Gasteiger partial charge in [0.15, 0.2) is 0 Å². The van der Waals surface area contributed by atoms with Crippen LogP contribution in [0.5, 0.6) is 0 Å². The summed E-state index contributed by atoms with van der Waals surface area (Å²) in [6, 6.07) is 10.2. The van der Waals surface area contributed by atoms with Crippen LogP contribution in [0.3, 0.4) is 0 Å². The number of halogens is 2. The van der Waals surface area contributed by atoms with E-state index in [-0.39, 0.29) is 11.9 Å². The first-order valence-electron chi connectivity index (χ1n) is 5.26. The second kappa shape index (κ2) is 5.38. The first-order valence-corrected chi connectivity index (χ1v) is 6.05. The second-order valence-electron chi connectivity index (χ2n) is 3.61. The van der Waals surface area contributed by atoms with Crippen molar-refractivity contribution in [1.29, 1.82) is 0 Å². The summed E-state index contributed by atoms with van der Waals surface area (Å²) in [7, 11) is 1.79. The molecule has 2 rings (SSSR count). The molecular weight excluding hydrogens is 283 g/mol. The van der Waals surface area contributed by atoms with Gasteiger partial charge in [0, 0.05) is 16.2 Å². The van der Waals surface area contributed by atoms with Crippen LogP contribution in [0.25, 0.3) is 0 Å². The Labute approximate surface area is 108 Å². The molecule has 0 spiro atoms. The van der Waals surface area contributed by atoms with Gasteiger partial charge < -0.3 is 5.32 Å². The van der Waals surface area contributed by atoms with Crippen LogP contribution in [0.15, 0.2) is 47.1 Å². The van der Waals surface area contributed by atoms with E-state index in [1.165, 1.54) is 6.07 Å². The van der Waals surface area contributed by atoms with Crippen LogP contribution >= 0.6 is 15.9 Å². The van der Waals surface area contributed by atoms with Crippen molar-refractivity contribution in [3.05, 3.63) is 64.1 Å². The third-order valence-electron chi connectivity index (χ3n) is 2.57. The smallest absolute Gasteiger partial charge is 0.128 e. The molecule has 2 aromatic rings. The minimum atomic E-state index is -0.258. The summed E-state index contributed by atoms with van der Waals surface area (Å²) in [5.74, 6) is -0.232. The van der Waals surface area contributed by atoms with Crippen LogP contribution in [0.2, 0.25) is 0 Å². The Bertz CT molecular complexity index is 471. The lowest BCUT2D eigenvalue weighted by Crippen LogP contribution is -2.20. The third-order valence-corrected chi connectivity index (χ3v) is 3.24. The monoisotopic (exact) mass is 294 g/mol. The van der Waals surface area contributed by atoms with Gasteiger partial charge in [0.25, 0.3) is 0 Å². The summed E-state index contributed by atoms with van der Waals surface area (Å²) in [6.07, 6.45) is 1.70. The summed E-state index contributed by atoms with van der Waals surface area (Å²) in [5.41, 5.74) is 1.37. The molecule has 88 valence electrons. The largest absolute Gasteiger partial charge is 0.308 e. The lowest BCUT2D eigenvalue weighted by Gasteiger charge is -2.17. The number of hydrogen-bond acceptors (Lipinski definition) is 2. The number of aromatic nitrogens is 1. The topological polar surface area (TPSA) is 24.9 Å². The molecule has 0 aliphatic rings. The van der Waals surface area contributed by atoms with E-state index in [1.54, 1.807) is 25.4 Å². The van der Waals surface area contributed by atoms with Gasteiger partial charge >= 0.3 is 0 Å². The van der Waals surface area contributed by atoms with Crippen molar-refractivity contribution in [1.82, 2.24) is 10.3 Å². The molecule has 1 N–H and O–H groups in total. The molecule has 4 heteroatoms. The maximum Gasteiger partial charge on any atom is 0.128 e. The van der Waals surface area contributed by atoms with Gasteiger partial charge in [-0.15, -0.1) is 0 Å². The van der Waals surface area contributed by atoms with E-state index in [2.05, 4.69) is 26.2 Å². The standard InChI is InChI=1S/C13H12BrFN2/c1-16-12(9-5-2-3-7-11(9)15)13-10(14)6-4-8-17-13/h2-8,12,16H,1H3. The molecule has 0 fully saturated rings. The van der Waals surface area contributed by atoms with Crippen LogP contribution in [0.1, 0.15) is 17.3 Å². The molecular formula is C13H12BrFN2. The number of nitrogens with one attached hydrogen (secondary N) is 1. The SMILES string of the molecule is CNC(c1ccccc1F)c1ncccc1Br. The van der Waals surface area contributed by atoms with Crippen molar-refractivity contribution < 1.29 is 4.39 Å². The number of pyridine rings is 1. The van der Waals surface area contributed by atoms with Gasteiger partial charge in [0.1, 0.15) is 5.82 Å². The van der Waals surface area contributed by atoms with Crippen LogP contribution in [-0.2, 0) is 0 Å². The minimum absolute atomic E-state index is 0.232. The number of nitrogens with zero attached hydrogens (tertiary/aromatic N) is 1. The van der Waals surface area contributed by atoms with Crippen molar-refractivity contribution >= 4 is 15.9 Å². The fraction of sp³-hybridized carbons (Fsp3) is 0.154. The third kappa shape index (κ3) is 2.53. The summed E-state index contributed by atoms with van der Waals surface area (Å²) < 4.78 is 14.6. The molecule has 1 atom stereocenters. The second-order valence-corrected chi connectivity index (χ2v) is 4.47. The van der Waals surface area contributed by atoms with E-state index in [9.17, 15) is 4.39 Å². The Kier molecular flexibility index (Phi) is 3.86. The van der Waals surface area contributed by atoms with Crippen LogP contribution in [0.4, 0.5) is 4.39 Å². The van der Waals surface area contributed by atoms with Gasteiger partial charge in [-0.2, -0.15) is 0 Å². The molecule has 0 aliphatic carbocycles. The minimum Gasteiger partial charge on any atom is -0.308 e. The molecule has 1 unspecified atom stereocenters. The Hall–Kier alpha value is -1.26. The van der Waals surface area contributed by atoms with E-state index in [0.29, 0.717) is 5.56 Å². The highest BCUT2D eigenvalue weighted by Gasteiger charge is 2.18. The molecule has 0 saturated heterocycles. The number of rotatable bonds is 3. The van der Waals surface area contributed by atoms with E-state index in [1.807, 2.05) is 18.2 Å². The van der Waals surface area contributed by atoms with Crippen molar-refractivity contribution in [2.75, 3.05) is 7.05 Å². The summed E-state index contributed by atoms with van der Waals surface area (Å²) in [4.78, 5) is 4.29. The van der Waals surface area contributed by atoms with Gasteiger partial charge in [-0.3, -0.25) is 4.98 Å². The average Bonchev–Trinajstić information content (AvgIpc) is 2.34. The number of benzene rings is 1. The Balaban J connectivity index is 2.48. The van der Waals surface area contributed by atoms with Crippen molar-refractivity contribution in [2.24, 2.45) is 0 Å². The maximum atomic E-state index is 13.8. The normalized spacial score (nSPS) is 12.4. The van der Waals surface area contributed by atoms with Crippen LogP contribution in [0, 0.1) is 5.82 Å². The molecule has 1 heterocycles. The predicted octanol–water partition coefficient (Wildman–Crippen LogP) is 3.29. The Morgan fingerprint density at radius 2 is 2.00 bits per heavy atom. The van der Waals surface area contributed by atoms with E-state index >= 15 is 0 Å². The van der Waals surface area contributed by atoms with E-state index in [0.717, 1.165) is 10.2 Å². The van der Waals surface area contributed by atoms with Crippen molar-refractivity contribution in [2.45, 2.75) is 6.04 Å². The average molecular weight is 295 g/mol. The fourth-order valence-electron chi connectivity index (χ4n) is 1.76. The highest BCUT2D eigenvalue weighted by molar-refractivity contribution is 9.10. The quantitative estimate of drug-likeness (QED) is 0.940. The molecule has 2 nitrogen and oxygen atoms in total. The summed E-state index contributed by atoms with van der Waals surface area (Å²) in [6.45, 7) is 0. The van der Waals surface area contributed by atoms with Crippen LogP contribution < -0.4 is 5.32 Å². The van der Waals surface area contributed by atoms with Gasteiger partial charge in [0.05, 0.1) is 11.7 Å². The van der Waals surface area contributed by atoms with Gasteiger partial charge in [-0.1, -0.05) is 18.2 Å². The summed E-state index contributed by atoms with van der Waals surface area (Å²) in [5, 5.41) is 3.08. The summed E-state index contributed by atoms with van der Waals surface area (Å²) >= 11 is 3.43. The highest BCUT2D eigenvalue weighted by atomic mass is 79.9. The number of hydrogen-bond donors (Lipinski definition) is 1. The van der Waals surface area contributed by atoms with Gasteiger partial charge in [-0.05, 0) is 41.2 Å². The van der Waals surface area contributed by atoms with Gasteiger partial charge in [-0.25, -0.2) is 4.39 Å². The van der Waals surface area contributed by atoms with E-state index < -0.39 is 0 Å².